The molecule has 7 aromatic carbocycles. The highest BCUT2D eigenvalue weighted by Gasteiger charge is 2.32. The topological polar surface area (TPSA) is 34.2 Å². The lowest BCUT2D eigenvalue weighted by molar-refractivity contribution is 0.872. The Labute approximate surface area is 299 Å². The molecule has 12 rings (SSSR count). The van der Waals surface area contributed by atoms with Crippen molar-refractivity contribution in [2.45, 2.75) is 6.04 Å². The Kier molecular flexibility index (Phi) is 5.53. The highest BCUT2D eigenvalue weighted by molar-refractivity contribution is 6.27. The first-order valence-corrected chi connectivity index (χ1v) is 17.9. The third-order valence-electron chi connectivity index (χ3n) is 11.2. The van der Waals surface area contributed by atoms with Gasteiger partial charge in [0.15, 0.2) is 5.82 Å². The zero-order valence-corrected chi connectivity index (χ0v) is 28.1. The molecule has 4 heterocycles. The second kappa shape index (κ2) is 10.3. The monoisotopic (exact) mass is 662 g/mol. The smallest absolute Gasteiger partial charge is 0.162 e. The molecule has 1 aliphatic carbocycles. The van der Waals surface area contributed by atoms with Crippen LogP contribution in [-0.4, -0.2) is 20.9 Å². The van der Waals surface area contributed by atoms with E-state index in [-0.39, 0.29) is 6.04 Å². The molecule has 242 valence electrons. The summed E-state index contributed by atoms with van der Waals surface area (Å²) < 4.78 is 4.80. The Morgan fingerprint density at radius 2 is 1.27 bits per heavy atom. The number of nitrogens with zero attached hydrogens (tertiary/aromatic N) is 3. The molecule has 1 unspecified atom stereocenters. The second-order valence-electron chi connectivity index (χ2n) is 14.0. The highest BCUT2D eigenvalue weighted by atomic mass is 15.2. The predicted octanol–water partition coefficient (Wildman–Crippen LogP) is 11.5. The van der Waals surface area contributed by atoms with Gasteiger partial charge in [0.05, 0.1) is 39.5 Å². The Bertz CT molecular complexity index is 3150. The first-order chi connectivity index (χ1) is 25.8. The number of aromatic nitrogens is 2. The molecule has 0 saturated carbocycles. The van der Waals surface area contributed by atoms with Gasteiger partial charge in [-0.25, -0.2) is 4.99 Å². The maximum absolute atomic E-state index is 5.44. The molecule has 0 fully saturated rings. The van der Waals surface area contributed by atoms with Crippen molar-refractivity contribution in [3.63, 3.8) is 0 Å². The summed E-state index contributed by atoms with van der Waals surface area (Å²) >= 11 is 0. The van der Waals surface area contributed by atoms with Crippen LogP contribution in [0.2, 0.25) is 0 Å². The van der Waals surface area contributed by atoms with Crippen LogP contribution >= 0.6 is 0 Å². The van der Waals surface area contributed by atoms with E-state index in [2.05, 4.69) is 184 Å². The van der Waals surface area contributed by atoms with Gasteiger partial charge in [0, 0.05) is 38.4 Å². The van der Waals surface area contributed by atoms with Gasteiger partial charge in [0.25, 0.3) is 0 Å². The van der Waals surface area contributed by atoms with Crippen molar-refractivity contribution in [3.05, 3.63) is 175 Å². The maximum Gasteiger partial charge on any atom is 0.162 e. The van der Waals surface area contributed by atoms with E-state index < -0.39 is 0 Å². The molecule has 0 radical (unpaired) electrons. The van der Waals surface area contributed by atoms with E-state index >= 15 is 0 Å². The molecular formula is C48H30N4. The van der Waals surface area contributed by atoms with E-state index in [1.807, 2.05) is 0 Å². The molecular weight excluding hydrogens is 633 g/mol. The molecule has 4 heteroatoms. The van der Waals surface area contributed by atoms with Crippen LogP contribution in [-0.2, 0) is 0 Å². The van der Waals surface area contributed by atoms with Crippen molar-refractivity contribution in [2.24, 2.45) is 4.99 Å². The summed E-state index contributed by atoms with van der Waals surface area (Å²) in [6.07, 6.45) is 8.52. The molecule has 0 saturated heterocycles. The van der Waals surface area contributed by atoms with E-state index in [0.717, 1.165) is 22.7 Å². The number of fused-ring (bicyclic) bond motifs is 13. The molecule has 3 aliphatic rings. The van der Waals surface area contributed by atoms with E-state index in [0.29, 0.717) is 0 Å². The Morgan fingerprint density at radius 1 is 0.519 bits per heavy atom. The van der Waals surface area contributed by atoms with Gasteiger partial charge in [-0.2, -0.15) is 0 Å². The summed E-state index contributed by atoms with van der Waals surface area (Å²) in [5.74, 6) is 0.940. The minimum atomic E-state index is 0.0245. The van der Waals surface area contributed by atoms with Gasteiger partial charge in [-0.3, -0.25) is 4.57 Å². The maximum atomic E-state index is 5.44. The van der Waals surface area contributed by atoms with E-state index in [1.54, 1.807) is 0 Å². The van der Waals surface area contributed by atoms with Crippen molar-refractivity contribution in [2.75, 3.05) is 0 Å². The van der Waals surface area contributed by atoms with Crippen molar-refractivity contribution >= 4 is 71.6 Å². The zero-order chi connectivity index (χ0) is 33.9. The van der Waals surface area contributed by atoms with Crippen LogP contribution in [0, 0.1) is 0 Å². The molecule has 0 spiro atoms. The van der Waals surface area contributed by atoms with Gasteiger partial charge >= 0.3 is 0 Å². The quantitative estimate of drug-likeness (QED) is 0.196. The fourth-order valence-corrected chi connectivity index (χ4v) is 8.97. The average Bonchev–Trinajstić information content (AvgIpc) is 3.69. The molecule has 1 N–H and O–H groups in total. The van der Waals surface area contributed by atoms with E-state index in [4.69, 9.17) is 4.99 Å². The summed E-state index contributed by atoms with van der Waals surface area (Å²) in [6.45, 7) is 0. The number of nitrogens with one attached hydrogen (secondary N) is 1. The molecule has 52 heavy (non-hydrogen) atoms. The summed E-state index contributed by atoms with van der Waals surface area (Å²) in [4.78, 5) is 5.44. The fraction of sp³-hybridized carbons (Fsp3) is 0.0208. The van der Waals surface area contributed by atoms with Crippen LogP contribution in [0.15, 0.2) is 175 Å². The number of para-hydroxylation sites is 2. The summed E-state index contributed by atoms with van der Waals surface area (Å²) in [7, 11) is 0. The van der Waals surface area contributed by atoms with Crippen LogP contribution in [0.4, 0.5) is 0 Å². The standard InChI is InChI=1S/C48H30N4/c1-2-13-32(14-3-1)51-42-21-11-8-17-35(42)37-26-30(23-24-43(37)51)31-27-38-34-16-6-7-18-36(34)46-48(50-41-20-10-9-19-40(41)49-46)52-44-25-22-29-12-4-5-15-33(29)45(44)39(28-31)47(38)52/h1-28,40,49H. The largest absolute Gasteiger partial charge is 0.370 e. The summed E-state index contributed by atoms with van der Waals surface area (Å²) in [5, 5.41) is 11.4. The van der Waals surface area contributed by atoms with Crippen molar-refractivity contribution in [3.8, 4) is 27.9 Å². The van der Waals surface area contributed by atoms with Crippen molar-refractivity contribution < 1.29 is 0 Å². The molecule has 0 bridgehead atoms. The molecule has 2 aromatic heterocycles. The van der Waals surface area contributed by atoms with Crippen molar-refractivity contribution in [1.29, 1.82) is 0 Å². The lowest BCUT2D eigenvalue weighted by Gasteiger charge is -2.28. The molecule has 4 nitrogen and oxygen atoms in total. The predicted molar refractivity (Wildman–Crippen MR) is 218 cm³/mol. The fourth-order valence-electron chi connectivity index (χ4n) is 8.97. The first-order valence-electron chi connectivity index (χ1n) is 17.9. The number of hydrogen-bond acceptors (Lipinski definition) is 2. The lowest BCUT2D eigenvalue weighted by Crippen LogP contribution is -2.37. The van der Waals surface area contributed by atoms with Gasteiger partial charge < -0.3 is 9.88 Å². The Hall–Kier alpha value is -6.91. The third kappa shape index (κ3) is 3.73. The van der Waals surface area contributed by atoms with Gasteiger partial charge in [0.1, 0.15) is 0 Å². The minimum Gasteiger partial charge on any atom is -0.370 e. The molecule has 9 aromatic rings. The second-order valence-corrected chi connectivity index (χ2v) is 14.0. The van der Waals surface area contributed by atoms with Gasteiger partial charge in [-0.15, -0.1) is 0 Å². The molecule has 2 aliphatic heterocycles. The Balaban J connectivity index is 1.20. The number of aliphatic imine (C=N–C) groups is 1. The summed E-state index contributed by atoms with van der Waals surface area (Å²) in [5.41, 5.74) is 14.0. The lowest BCUT2D eigenvalue weighted by atomic mass is 9.91. The average molecular weight is 663 g/mol. The zero-order valence-electron chi connectivity index (χ0n) is 28.1. The van der Waals surface area contributed by atoms with Crippen LogP contribution in [0.25, 0.3) is 93.8 Å². The number of hydrogen-bond donors (Lipinski definition) is 1. The van der Waals surface area contributed by atoms with Gasteiger partial charge in [0.2, 0.25) is 0 Å². The number of allylic oxidation sites excluding steroid dienone is 2. The van der Waals surface area contributed by atoms with Crippen LogP contribution in [0.3, 0.4) is 0 Å². The normalized spacial score (nSPS) is 15.9. The van der Waals surface area contributed by atoms with E-state index in [1.165, 1.54) is 82.4 Å². The van der Waals surface area contributed by atoms with Crippen LogP contribution in [0.1, 0.15) is 5.56 Å². The first kappa shape index (κ1) is 27.9. The summed E-state index contributed by atoms with van der Waals surface area (Å²) in [6, 6.07) is 53.4. The Morgan fingerprint density at radius 3 is 2.19 bits per heavy atom. The van der Waals surface area contributed by atoms with Gasteiger partial charge in [-0.1, -0.05) is 115 Å². The molecule has 0 amide bonds. The highest BCUT2D eigenvalue weighted by Crippen LogP contribution is 2.49. The third-order valence-corrected chi connectivity index (χ3v) is 11.2. The van der Waals surface area contributed by atoms with Crippen LogP contribution < -0.4 is 5.32 Å². The SMILES string of the molecule is C1=CC2=NC3=C(NC2C=C1)c1ccccc1-c1cc(-c2ccc4c(c2)c2ccccc2n4-c2ccccc2)cc2c4c5ccccc5ccc4n3c12. The minimum absolute atomic E-state index is 0.0245. The van der Waals surface area contributed by atoms with Crippen LogP contribution in [0.5, 0.6) is 0 Å². The van der Waals surface area contributed by atoms with Crippen molar-refractivity contribution in [1.82, 2.24) is 14.5 Å². The number of rotatable bonds is 2. The van der Waals surface area contributed by atoms with E-state index in [9.17, 15) is 0 Å². The van der Waals surface area contributed by atoms with Gasteiger partial charge in [-0.05, 0) is 82.1 Å². The number of benzene rings is 7. The molecule has 1 atom stereocenters.